The molecule has 0 aliphatic heterocycles. The normalized spacial score (nSPS) is 11.7. The van der Waals surface area contributed by atoms with Gasteiger partial charge >= 0.3 is 0 Å². The molecule has 0 spiro atoms. The highest BCUT2D eigenvalue weighted by atomic mass is 16.5. The van der Waals surface area contributed by atoms with Crippen molar-refractivity contribution in [2.45, 2.75) is 19.5 Å². The number of nitrogens with one attached hydrogen (secondary N) is 1. The molecule has 1 aromatic heterocycles. The Morgan fingerprint density at radius 3 is 2.32 bits per heavy atom. The van der Waals surface area contributed by atoms with E-state index in [-0.39, 0.29) is 18.5 Å². The van der Waals surface area contributed by atoms with E-state index >= 15 is 0 Å². The van der Waals surface area contributed by atoms with E-state index < -0.39 is 0 Å². The van der Waals surface area contributed by atoms with Crippen LogP contribution in [-0.2, 0) is 11.3 Å². The van der Waals surface area contributed by atoms with Gasteiger partial charge in [-0.2, -0.15) is 4.80 Å². The lowest BCUT2D eigenvalue weighted by Gasteiger charge is -2.20. The summed E-state index contributed by atoms with van der Waals surface area (Å²) in [6.07, 6.45) is 0. The minimum atomic E-state index is -0.306. The van der Waals surface area contributed by atoms with Crippen LogP contribution in [0.4, 0.5) is 0 Å². The van der Waals surface area contributed by atoms with Gasteiger partial charge in [-0.25, -0.2) is 0 Å². The summed E-state index contributed by atoms with van der Waals surface area (Å²) in [6.45, 7) is 1.99. The van der Waals surface area contributed by atoms with Gasteiger partial charge in [-0.3, -0.25) is 4.79 Å². The predicted molar refractivity (Wildman–Crippen MR) is 117 cm³/mol. The third-order valence-electron chi connectivity index (χ3n) is 4.94. The molecule has 0 saturated heterocycles. The lowest BCUT2D eigenvalue weighted by atomic mass is 9.98. The first-order chi connectivity index (χ1) is 15.1. The number of aryl methyl sites for hydroxylation is 1. The molecular weight excluding hydrogens is 390 g/mol. The van der Waals surface area contributed by atoms with Gasteiger partial charge in [0.2, 0.25) is 11.7 Å². The van der Waals surface area contributed by atoms with E-state index in [1.165, 1.54) is 4.80 Å². The highest BCUT2D eigenvalue weighted by Crippen LogP contribution is 2.24. The third-order valence-corrected chi connectivity index (χ3v) is 4.94. The van der Waals surface area contributed by atoms with Crippen LogP contribution in [0.5, 0.6) is 5.75 Å². The van der Waals surface area contributed by atoms with Crippen LogP contribution in [0.25, 0.3) is 11.4 Å². The summed E-state index contributed by atoms with van der Waals surface area (Å²) in [6, 6.07) is 25.0. The Morgan fingerprint density at radius 2 is 1.65 bits per heavy atom. The van der Waals surface area contributed by atoms with E-state index in [4.69, 9.17) is 4.74 Å². The number of benzene rings is 3. The number of hydrogen-bond donors (Lipinski definition) is 1. The van der Waals surface area contributed by atoms with Gasteiger partial charge < -0.3 is 10.1 Å². The molecule has 0 bridgehead atoms. The van der Waals surface area contributed by atoms with Crippen molar-refractivity contribution in [1.82, 2.24) is 25.5 Å². The van der Waals surface area contributed by atoms with Gasteiger partial charge in [0.05, 0.1) is 13.2 Å². The molecule has 7 nitrogen and oxygen atoms in total. The number of nitrogens with zero attached hydrogens (tertiary/aromatic N) is 4. The Balaban J connectivity index is 1.50. The molecule has 1 atom stereocenters. The summed E-state index contributed by atoms with van der Waals surface area (Å²) in [7, 11) is 1.63. The molecule has 1 N–H and O–H groups in total. The summed E-state index contributed by atoms with van der Waals surface area (Å²) in [5.74, 6) is 1.04. The predicted octanol–water partition coefficient (Wildman–Crippen LogP) is 3.56. The highest BCUT2D eigenvalue weighted by Gasteiger charge is 2.18. The first-order valence-electron chi connectivity index (χ1n) is 9.95. The minimum absolute atomic E-state index is 0.0294. The first-order valence-corrected chi connectivity index (χ1v) is 9.95. The van der Waals surface area contributed by atoms with Gasteiger partial charge in [0, 0.05) is 5.56 Å². The lowest BCUT2D eigenvalue weighted by molar-refractivity contribution is -0.122. The molecule has 0 aliphatic rings. The molecular formula is C24H23N5O2. The maximum atomic E-state index is 12.8. The van der Waals surface area contributed by atoms with Crippen molar-refractivity contribution in [3.8, 4) is 17.1 Å². The maximum Gasteiger partial charge on any atom is 0.244 e. The zero-order valence-electron chi connectivity index (χ0n) is 17.4. The molecule has 0 fully saturated rings. The monoisotopic (exact) mass is 413 g/mol. The Kier molecular flexibility index (Phi) is 6.03. The lowest BCUT2D eigenvalue weighted by Crippen LogP contribution is -2.32. The van der Waals surface area contributed by atoms with Crippen molar-refractivity contribution < 1.29 is 9.53 Å². The van der Waals surface area contributed by atoms with Crippen LogP contribution >= 0.6 is 0 Å². The minimum Gasteiger partial charge on any atom is -0.497 e. The van der Waals surface area contributed by atoms with Gasteiger partial charge in [-0.05, 0) is 35.4 Å². The number of ether oxygens (including phenoxy) is 1. The van der Waals surface area contributed by atoms with Crippen LogP contribution in [0.1, 0.15) is 22.7 Å². The molecule has 1 heterocycles. The summed E-state index contributed by atoms with van der Waals surface area (Å²) in [5, 5.41) is 15.5. The van der Waals surface area contributed by atoms with E-state index in [1.54, 1.807) is 7.11 Å². The molecule has 156 valence electrons. The standard InChI is InChI=1S/C24H23N5O2/c1-17-8-10-20(11-9-17)24-26-28-29(27-24)16-22(30)25-23(18-6-4-3-5-7-18)19-12-14-21(31-2)15-13-19/h3-15,23H,16H2,1-2H3,(H,25,30). The molecule has 4 aromatic rings. The van der Waals surface area contributed by atoms with Crippen molar-refractivity contribution >= 4 is 5.91 Å². The van der Waals surface area contributed by atoms with E-state index in [0.717, 1.165) is 28.0 Å². The second-order valence-electron chi connectivity index (χ2n) is 7.19. The maximum absolute atomic E-state index is 12.8. The van der Waals surface area contributed by atoms with Gasteiger partial charge in [0.25, 0.3) is 0 Å². The van der Waals surface area contributed by atoms with E-state index in [9.17, 15) is 4.79 Å². The first kappa shape index (κ1) is 20.3. The number of rotatable bonds is 7. The summed E-state index contributed by atoms with van der Waals surface area (Å²) < 4.78 is 5.25. The molecule has 1 amide bonds. The van der Waals surface area contributed by atoms with Crippen molar-refractivity contribution in [2.24, 2.45) is 0 Å². The van der Waals surface area contributed by atoms with Crippen LogP contribution in [0.2, 0.25) is 0 Å². The Morgan fingerprint density at radius 1 is 0.968 bits per heavy atom. The van der Waals surface area contributed by atoms with Gasteiger partial charge in [0.1, 0.15) is 12.3 Å². The summed E-state index contributed by atoms with van der Waals surface area (Å²) in [4.78, 5) is 14.1. The van der Waals surface area contributed by atoms with E-state index in [0.29, 0.717) is 5.82 Å². The second kappa shape index (κ2) is 9.21. The fourth-order valence-electron chi connectivity index (χ4n) is 3.26. The van der Waals surface area contributed by atoms with Gasteiger partial charge in [-0.15, -0.1) is 10.2 Å². The van der Waals surface area contributed by atoms with Gasteiger partial charge in [0.15, 0.2) is 0 Å². The smallest absolute Gasteiger partial charge is 0.244 e. The van der Waals surface area contributed by atoms with Crippen molar-refractivity contribution in [2.75, 3.05) is 7.11 Å². The fourth-order valence-corrected chi connectivity index (χ4v) is 3.26. The Labute approximate surface area is 180 Å². The average Bonchev–Trinajstić information content (AvgIpc) is 3.27. The molecule has 0 saturated carbocycles. The van der Waals surface area contributed by atoms with E-state index in [1.807, 2.05) is 85.8 Å². The number of tetrazole rings is 1. The van der Waals surface area contributed by atoms with Crippen LogP contribution in [-0.4, -0.2) is 33.2 Å². The molecule has 0 radical (unpaired) electrons. The molecule has 3 aromatic carbocycles. The zero-order valence-corrected chi connectivity index (χ0v) is 17.4. The highest BCUT2D eigenvalue weighted by molar-refractivity contribution is 5.76. The van der Waals surface area contributed by atoms with Crippen LogP contribution in [0.15, 0.2) is 78.9 Å². The van der Waals surface area contributed by atoms with E-state index in [2.05, 4.69) is 20.7 Å². The largest absolute Gasteiger partial charge is 0.497 e. The Bertz CT molecular complexity index is 1140. The van der Waals surface area contributed by atoms with Crippen molar-refractivity contribution in [1.29, 1.82) is 0 Å². The third kappa shape index (κ3) is 4.95. The van der Waals surface area contributed by atoms with Crippen LogP contribution < -0.4 is 10.1 Å². The average molecular weight is 413 g/mol. The van der Waals surface area contributed by atoms with Crippen LogP contribution in [0.3, 0.4) is 0 Å². The topological polar surface area (TPSA) is 81.9 Å². The molecule has 1 unspecified atom stereocenters. The number of methoxy groups -OCH3 is 1. The number of hydrogen-bond acceptors (Lipinski definition) is 5. The van der Waals surface area contributed by atoms with Crippen LogP contribution in [0, 0.1) is 6.92 Å². The molecule has 4 rings (SSSR count). The zero-order chi connectivity index (χ0) is 21.6. The Hall–Kier alpha value is -4.00. The number of aromatic nitrogens is 4. The van der Waals surface area contributed by atoms with Crippen molar-refractivity contribution in [3.63, 3.8) is 0 Å². The van der Waals surface area contributed by atoms with Crippen molar-refractivity contribution in [3.05, 3.63) is 95.6 Å². The second-order valence-corrected chi connectivity index (χ2v) is 7.19. The fraction of sp³-hybridized carbons (Fsp3) is 0.167. The SMILES string of the molecule is COc1ccc(C(NC(=O)Cn2nnc(-c3ccc(C)cc3)n2)c2ccccc2)cc1. The van der Waals surface area contributed by atoms with Gasteiger partial charge in [-0.1, -0.05) is 72.3 Å². The quantitative estimate of drug-likeness (QED) is 0.501. The molecule has 31 heavy (non-hydrogen) atoms. The summed E-state index contributed by atoms with van der Waals surface area (Å²) >= 11 is 0. The number of carbonyl (C=O) groups is 1. The molecule has 7 heteroatoms. The number of carbonyl (C=O) groups excluding carboxylic acids is 1. The molecule has 0 aliphatic carbocycles. The summed E-state index contributed by atoms with van der Waals surface area (Å²) in [5.41, 5.74) is 3.94. The number of amides is 1.